The summed E-state index contributed by atoms with van der Waals surface area (Å²) in [6, 6.07) is -1.32. The molecule has 138 valence electrons. The fourth-order valence-corrected chi connectivity index (χ4v) is 2.66. The number of Topliss-reactive ketones (excluding diaryl/α,β-unsaturated/α-hetero) is 1. The summed E-state index contributed by atoms with van der Waals surface area (Å²) in [6.45, 7) is 10.3. The molecule has 6 heteroatoms. The molecule has 0 aromatic rings. The number of nitrogens with one attached hydrogen (secondary N) is 1. The second-order valence-electron chi connectivity index (χ2n) is 8.35. The van der Waals surface area contributed by atoms with Gasteiger partial charge in [0.15, 0.2) is 11.8 Å². The van der Waals surface area contributed by atoms with E-state index in [2.05, 4.69) is 5.32 Å². The molecule has 1 aliphatic rings. The number of rotatable bonds is 4. The van der Waals surface area contributed by atoms with Gasteiger partial charge in [-0.2, -0.15) is 0 Å². The zero-order chi connectivity index (χ0) is 18.5. The van der Waals surface area contributed by atoms with Crippen molar-refractivity contribution in [2.45, 2.75) is 90.9 Å². The van der Waals surface area contributed by atoms with E-state index in [9.17, 15) is 14.4 Å². The van der Waals surface area contributed by atoms with Gasteiger partial charge in [-0.25, -0.2) is 9.59 Å². The molecule has 0 heterocycles. The molecule has 24 heavy (non-hydrogen) atoms. The highest BCUT2D eigenvalue weighted by Gasteiger charge is 2.37. The van der Waals surface area contributed by atoms with E-state index in [1.807, 2.05) is 0 Å². The molecule has 0 aliphatic heterocycles. The first-order chi connectivity index (χ1) is 10.9. The highest BCUT2D eigenvalue weighted by Crippen LogP contribution is 2.26. The van der Waals surface area contributed by atoms with Gasteiger partial charge >= 0.3 is 12.1 Å². The van der Waals surface area contributed by atoms with Crippen molar-refractivity contribution in [3.63, 3.8) is 0 Å². The van der Waals surface area contributed by atoms with Crippen LogP contribution < -0.4 is 5.32 Å². The lowest BCUT2D eigenvalue weighted by Gasteiger charge is -2.28. The fraction of sp³-hybridized carbons (Fsp3) is 0.833. The van der Waals surface area contributed by atoms with Gasteiger partial charge in [-0.1, -0.05) is 19.3 Å². The first-order valence-corrected chi connectivity index (χ1v) is 8.65. The molecule has 1 aliphatic carbocycles. The summed E-state index contributed by atoms with van der Waals surface area (Å²) < 4.78 is 10.5. The third-order valence-corrected chi connectivity index (χ3v) is 3.60. The molecule has 1 saturated carbocycles. The van der Waals surface area contributed by atoms with Gasteiger partial charge in [0, 0.05) is 5.92 Å². The maximum absolute atomic E-state index is 12.8. The Balaban J connectivity index is 2.87. The maximum Gasteiger partial charge on any atom is 0.408 e. The van der Waals surface area contributed by atoms with Crippen LogP contribution in [0.3, 0.4) is 0 Å². The van der Waals surface area contributed by atoms with Crippen molar-refractivity contribution >= 4 is 17.8 Å². The molecule has 0 saturated heterocycles. The molecular formula is C18H31NO5. The van der Waals surface area contributed by atoms with Crippen LogP contribution in [0.5, 0.6) is 0 Å². The van der Waals surface area contributed by atoms with Crippen LogP contribution in [-0.2, 0) is 19.1 Å². The van der Waals surface area contributed by atoms with Crippen LogP contribution >= 0.6 is 0 Å². The first-order valence-electron chi connectivity index (χ1n) is 8.65. The third kappa shape index (κ3) is 7.32. The van der Waals surface area contributed by atoms with Crippen molar-refractivity contribution in [2.75, 3.05) is 0 Å². The van der Waals surface area contributed by atoms with Crippen LogP contribution in [0.1, 0.15) is 73.6 Å². The number of alkyl carbamates (subject to hydrolysis) is 1. The zero-order valence-corrected chi connectivity index (χ0v) is 15.7. The average Bonchev–Trinajstić information content (AvgIpc) is 2.41. The van der Waals surface area contributed by atoms with E-state index in [0.29, 0.717) is 0 Å². The van der Waals surface area contributed by atoms with Crippen molar-refractivity contribution in [1.29, 1.82) is 0 Å². The van der Waals surface area contributed by atoms with Gasteiger partial charge in [0.2, 0.25) is 0 Å². The fourth-order valence-electron chi connectivity index (χ4n) is 2.66. The summed E-state index contributed by atoms with van der Waals surface area (Å²) in [5.74, 6) is -1.23. The van der Waals surface area contributed by atoms with E-state index in [0.717, 1.165) is 32.1 Å². The Bertz CT molecular complexity index is 467. The smallest absolute Gasteiger partial charge is 0.408 e. The molecule has 0 radical (unpaired) electrons. The molecule has 1 rings (SSSR count). The van der Waals surface area contributed by atoms with Crippen molar-refractivity contribution in [2.24, 2.45) is 5.92 Å². The Morgan fingerprint density at radius 3 is 1.83 bits per heavy atom. The summed E-state index contributed by atoms with van der Waals surface area (Å²) in [6.07, 6.45) is 3.72. The van der Waals surface area contributed by atoms with Crippen LogP contribution in [-0.4, -0.2) is 35.1 Å². The quantitative estimate of drug-likeness (QED) is 0.626. The lowest BCUT2D eigenvalue weighted by atomic mass is 9.84. The molecule has 0 spiro atoms. The van der Waals surface area contributed by atoms with Crippen LogP contribution in [0.2, 0.25) is 0 Å². The van der Waals surface area contributed by atoms with Crippen molar-refractivity contribution in [3.05, 3.63) is 0 Å². The topological polar surface area (TPSA) is 81.7 Å². The minimum atomic E-state index is -1.32. The monoisotopic (exact) mass is 341 g/mol. The Morgan fingerprint density at radius 1 is 0.875 bits per heavy atom. The third-order valence-electron chi connectivity index (χ3n) is 3.60. The number of ketones is 1. The van der Waals surface area contributed by atoms with Crippen LogP contribution in [0, 0.1) is 5.92 Å². The van der Waals surface area contributed by atoms with Crippen molar-refractivity contribution in [3.8, 4) is 0 Å². The Labute approximate surface area is 144 Å². The zero-order valence-electron chi connectivity index (χ0n) is 15.7. The number of esters is 1. The molecule has 0 bridgehead atoms. The van der Waals surface area contributed by atoms with E-state index in [4.69, 9.17) is 9.47 Å². The van der Waals surface area contributed by atoms with Crippen LogP contribution in [0.15, 0.2) is 0 Å². The molecule has 1 N–H and O–H groups in total. The first kappa shape index (κ1) is 20.5. The predicted molar refractivity (Wildman–Crippen MR) is 90.6 cm³/mol. The van der Waals surface area contributed by atoms with Gasteiger partial charge in [0.05, 0.1) is 0 Å². The molecule has 6 nitrogen and oxygen atoms in total. The molecular weight excluding hydrogens is 310 g/mol. The molecule has 0 aromatic carbocycles. The Morgan fingerprint density at radius 2 is 1.38 bits per heavy atom. The van der Waals surface area contributed by atoms with E-state index >= 15 is 0 Å². The van der Waals surface area contributed by atoms with Crippen molar-refractivity contribution in [1.82, 2.24) is 5.32 Å². The minimum absolute atomic E-state index is 0.216. The lowest BCUT2D eigenvalue weighted by molar-refractivity contribution is -0.160. The molecule has 1 atom stereocenters. The number of carbonyl (C=O) groups is 3. The van der Waals surface area contributed by atoms with E-state index in [-0.39, 0.29) is 11.7 Å². The number of hydrogen-bond acceptors (Lipinski definition) is 5. The van der Waals surface area contributed by atoms with E-state index in [1.54, 1.807) is 41.5 Å². The lowest BCUT2D eigenvalue weighted by Crippen LogP contribution is -2.52. The minimum Gasteiger partial charge on any atom is -0.458 e. The molecule has 1 unspecified atom stereocenters. The molecule has 1 fully saturated rings. The predicted octanol–water partition coefficient (Wildman–Crippen LogP) is 3.37. The maximum atomic E-state index is 12.8. The molecule has 1 amide bonds. The Hall–Kier alpha value is -1.59. The highest BCUT2D eigenvalue weighted by atomic mass is 16.6. The van der Waals surface area contributed by atoms with E-state index in [1.165, 1.54) is 0 Å². The van der Waals surface area contributed by atoms with Crippen LogP contribution in [0.25, 0.3) is 0 Å². The number of ether oxygens (including phenoxy) is 2. The number of hydrogen-bond donors (Lipinski definition) is 1. The number of carbonyl (C=O) groups excluding carboxylic acids is 3. The second-order valence-corrected chi connectivity index (χ2v) is 8.35. The van der Waals surface area contributed by atoms with Crippen LogP contribution in [0.4, 0.5) is 4.79 Å². The highest BCUT2D eigenvalue weighted by molar-refractivity contribution is 6.06. The van der Waals surface area contributed by atoms with Gasteiger partial charge in [0.25, 0.3) is 0 Å². The summed E-state index contributed by atoms with van der Waals surface area (Å²) >= 11 is 0. The van der Waals surface area contributed by atoms with Gasteiger partial charge in [-0.05, 0) is 54.4 Å². The van der Waals surface area contributed by atoms with Gasteiger partial charge < -0.3 is 14.8 Å². The largest absolute Gasteiger partial charge is 0.458 e. The summed E-state index contributed by atoms with van der Waals surface area (Å²) in [5.41, 5.74) is -1.45. The Kier molecular flexibility index (Phi) is 6.81. The van der Waals surface area contributed by atoms with E-state index < -0.39 is 29.3 Å². The number of amides is 1. The summed E-state index contributed by atoms with van der Waals surface area (Å²) in [7, 11) is 0. The van der Waals surface area contributed by atoms with Gasteiger partial charge in [-0.15, -0.1) is 0 Å². The second kappa shape index (κ2) is 7.99. The van der Waals surface area contributed by atoms with Gasteiger partial charge in [0.1, 0.15) is 11.2 Å². The molecule has 0 aromatic heterocycles. The summed E-state index contributed by atoms with van der Waals surface area (Å²) in [4.78, 5) is 37.2. The van der Waals surface area contributed by atoms with Gasteiger partial charge in [-0.3, -0.25) is 4.79 Å². The summed E-state index contributed by atoms with van der Waals surface area (Å²) in [5, 5.41) is 2.41. The van der Waals surface area contributed by atoms with Crippen molar-refractivity contribution < 1.29 is 23.9 Å². The standard InChI is InChI=1S/C18H31NO5/c1-17(2,3)23-15(21)13(19-16(22)24-18(4,5)6)14(20)12-10-8-7-9-11-12/h12-13H,7-11H2,1-6H3,(H,19,22). The average molecular weight is 341 g/mol. The SMILES string of the molecule is CC(C)(C)OC(=O)NC(C(=O)OC(C)(C)C)C(=O)C1CCCCC1. The normalized spacial score (nSPS) is 17.8.